The summed E-state index contributed by atoms with van der Waals surface area (Å²) in [5, 5.41) is 0. The van der Waals surface area contributed by atoms with Gasteiger partial charge in [0.2, 0.25) is 0 Å². The fourth-order valence-corrected chi connectivity index (χ4v) is 5.31. The average molecular weight is 257 g/mol. The number of hydrogen-bond acceptors (Lipinski definition) is 2. The van der Waals surface area contributed by atoms with Gasteiger partial charge in [-0.3, -0.25) is 0 Å². The standard InChI is InChI=1S/C17H23NO/c18-15-2-1-3-16(7-15)19-11-17-8-12-4-13(9-17)6-14(5-12)10-17/h1-3,7,12-14H,4-6,8-11,18H2. The molecule has 0 atom stereocenters. The second kappa shape index (κ2) is 4.16. The van der Waals surface area contributed by atoms with Crippen molar-refractivity contribution in [1.82, 2.24) is 0 Å². The first-order valence-corrected chi connectivity index (χ1v) is 7.69. The summed E-state index contributed by atoms with van der Waals surface area (Å²) in [6, 6.07) is 7.86. The normalized spacial score (nSPS) is 39.5. The fourth-order valence-electron chi connectivity index (χ4n) is 5.31. The molecule has 0 radical (unpaired) electrons. The van der Waals surface area contributed by atoms with Crippen molar-refractivity contribution in [2.24, 2.45) is 23.2 Å². The van der Waals surface area contributed by atoms with Crippen LogP contribution in [0.15, 0.2) is 24.3 Å². The number of ether oxygens (including phenoxy) is 1. The summed E-state index contributed by atoms with van der Waals surface area (Å²) in [4.78, 5) is 0. The Balaban J connectivity index is 1.48. The Hall–Kier alpha value is -1.18. The van der Waals surface area contributed by atoms with Crippen molar-refractivity contribution < 1.29 is 4.74 Å². The van der Waals surface area contributed by atoms with E-state index in [9.17, 15) is 0 Å². The van der Waals surface area contributed by atoms with Crippen LogP contribution in [-0.4, -0.2) is 6.61 Å². The molecule has 0 aromatic heterocycles. The lowest BCUT2D eigenvalue weighted by Gasteiger charge is -2.56. The van der Waals surface area contributed by atoms with Gasteiger partial charge in [0.25, 0.3) is 0 Å². The summed E-state index contributed by atoms with van der Waals surface area (Å²) in [5.41, 5.74) is 7.10. The van der Waals surface area contributed by atoms with Crippen molar-refractivity contribution in [3.63, 3.8) is 0 Å². The molecule has 19 heavy (non-hydrogen) atoms. The summed E-state index contributed by atoms with van der Waals surface area (Å²) in [7, 11) is 0. The van der Waals surface area contributed by atoms with E-state index in [0.29, 0.717) is 5.41 Å². The monoisotopic (exact) mass is 257 g/mol. The molecule has 0 heterocycles. The zero-order chi connectivity index (χ0) is 12.9. The minimum Gasteiger partial charge on any atom is -0.493 e. The zero-order valence-electron chi connectivity index (χ0n) is 11.5. The third-order valence-corrected chi connectivity index (χ3v) is 5.57. The van der Waals surface area contributed by atoms with Gasteiger partial charge in [-0.15, -0.1) is 0 Å². The van der Waals surface area contributed by atoms with E-state index in [1.54, 1.807) is 0 Å². The Labute approximate surface area is 115 Å². The number of hydrogen-bond donors (Lipinski definition) is 1. The van der Waals surface area contributed by atoms with Crippen LogP contribution in [0.25, 0.3) is 0 Å². The van der Waals surface area contributed by atoms with Crippen LogP contribution in [0.5, 0.6) is 5.75 Å². The number of anilines is 1. The molecule has 0 spiro atoms. The van der Waals surface area contributed by atoms with Gasteiger partial charge in [-0.1, -0.05) is 6.07 Å². The number of rotatable bonds is 3. The predicted molar refractivity (Wildman–Crippen MR) is 77.0 cm³/mol. The fraction of sp³-hybridized carbons (Fsp3) is 0.647. The Morgan fingerprint density at radius 3 is 2.26 bits per heavy atom. The summed E-state index contributed by atoms with van der Waals surface area (Å²) in [5.74, 6) is 3.93. The Bertz CT molecular complexity index is 447. The Morgan fingerprint density at radius 1 is 1.05 bits per heavy atom. The van der Waals surface area contributed by atoms with E-state index in [1.165, 1.54) is 38.5 Å². The van der Waals surface area contributed by atoms with Crippen LogP contribution < -0.4 is 10.5 Å². The third-order valence-electron chi connectivity index (χ3n) is 5.57. The molecule has 4 saturated carbocycles. The van der Waals surface area contributed by atoms with Crippen molar-refractivity contribution in [3.8, 4) is 5.75 Å². The SMILES string of the molecule is Nc1cccc(OCC23CC4CC(CC(C4)C2)C3)c1. The van der Waals surface area contributed by atoms with Crippen molar-refractivity contribution in [1.29, 1.82) is 0 Å². The molecule has 4 aliphatic rings. The van der Waals surface area contributed by atoms with Crippen LogP contribution >= 0.6 is 0 Å². The van der Waals surface area contributed by atoms with E-state index in [2.05, 4.69) is 0 Å². The maximum absolute atomic E-state index is 6.09. The molecule has 2 N–H and O–H groups in total. The first-order chi connectivity index (χ1) is 9.21. The van der Waals surface area contributed by atoms with Gasteiger partial charge in [0.05, 0.1) is 6.61 Å². The summed E-state index contributed by atoms with van der Waals surface area (Å²) in [6.07, 6.45) is 8.70. The maximum Gasteiger partial charge on any atom is 0.121 e. The van der Waals surface area contributed by atoms with E-state index in [4.69, 9.17) is 10.5 Å². The van der Waals surface area contributed by atoms with Crippen LogP contribution in [-0.2, 0) is 0 Å². The van der Waals surface area contributed by atoms with Gasteiger partial charge in [-0.25, -0.2) is 0 Å². The third kappa shape index (κ3) is 2.11. The van der Waals surface area contributed by atoms with E-state index in [-0.39, 0.29) is 0 Å². The summed E-state index contributed by atoms with van der Waals surface area (Å²) < 4.78 is 6.09. The molecule has 0 saturated heterocycles. The van der Waals surface area contributed by atoms with Crippen LogP contribution in [0.2, 0.25) is 0 Å². The molecule has 0 unspecified atom stereocenters. The molecule has 5 rings (SSSR count). The van der Waals surface area contributed by atoms with E-state index >= 15 is 0 Å². The highest BCUT2D eigenvalue weighted by Gasteiger charge is 2.51. The van der Waals surface area contributed by atoms with Gasteiger partial charge in [0.15, 0.2) is 0 Å². The zero-order valence-corrected chi connectivity index (χ0v) is 11.5. The molecular formula is C17H23NO. The molecule has 1 aromatic carbocycles. The van der Waals surface area contributed by atoms with Crippen molar-refractivity contribution in [2.45, 2.75) is 38.5 Å². The topological polar surface area (TPSA) is 35.2 Å². The molecule has 2 heteroatoms. The van der Waals surface area contributed by atoms with Crippen LogP contribution in [0.1, 0.15) is 38.5 Å². The van der Waals surface area contributed by atoms with Crippen LogP contribution in [0.4, 0.5) is 5.69 Å². The molecule has 102 valence electrons. The quantitative estimate of drug-likeness (QED) is 0.834. The van der Waals surface area contributed by atoms with Gasteiger partial charge in [-0.2, -0.15) is 0 Å². The highest BCUT2D eigenvalue weighted by molar-refractivity contribution is 5.43. The van der Waals surface area contributed by atoms with E-state index < -0.39 is 0 Å². The van der Waals surface area contributed by atoms with Gasteiger partial charge in [0.1, 0.15) is 5.75 Å². The largest absolute Gasteiger partial charge is 0.493 e. The summed E-state index contributed by atoms with van der Waals surface area (Å²) >= 11 is 0. The smallest absolute Gasteiger partial charge is 0.121 e. The van der Waals surface area contributed by atoms with Gasteiger partial charge in [-0.05, 0) is 68.4 Å². The van der Waals surface area contributed by atoms with Crippen LogP contribution in [0, 0.1) is 23.2 Å². The van der Waals surface area contributed by atoms with E-state index in [0.717, 1.165) is 35.8 Å². The second-order valence-corrected chi connectivity index (χ2v) is 7.28. The first-order valence-electron chi connectivity index (χ1n) is 7.69. The molecule has 4 aliphatic carbocycles. The highest BCUT2D eigenvalue weighted by atomic mass is 16.5. The van der Waals surface area contributed by atoms with Crippen molar-refractivity contribution in [2.75, 3.05) is 12.3 Å². The van der Waals surface area contributed by atoms with Crippen LogP contribution in [0.3, 0.4) is 0 Å². The van der Waals surface area contributed by atoms with E-state index in [1.807, 2.05) is 24.3 Å². The lowest BCUT2D eigenvalue weighted by molar-refractivity contribution is -0.0745. The second-order valence-electron chi connectivity index (χ2n) is 7.28. The lowest BCUT2D eigenvalue weighted by atomic mass is 9.50. The lowest BCUT2D eigenvalue weighted by Crippen LogP contribution is -2.48. The number of nitrogens with two attached hydrogens (primary N) is 1. The van der Waals surface area contributed by atoms with Gasteiger partial charge >= 0.3 is 0 Å². The number of nitrogen functional groups attached to an aromatic ring is 1. The first kappa shape index (κ1) is 11.6. The number of benzene rings is 1. The maximum atomic E-state index is 6.09. The molecule has 0 amide bonds. The predicted octanol–water partition coefficient (Wildman–Crippen LogP) is 3.86. The van der Waals surface area contributed by atoms with Crippen molar-refractivity contribution in [3.05, 3.63) is 24.3 Å². The minimum atomic E-state index is 0.485. The van der Waals surface area contributed by atoms with Gasteiger partial charge in [0, 0.05) is 17.2 Å². The van der Waals surface area contributed by atoms with Gasteiger partial charge < -0.3 is 10.5 Å². The molecule has 0 aliphatic heterocycles. The molecule has 1 aromatic rings. The molecule has 4 fully saturated rings. The van der Waals surface area contributed by atoms with Crippen molar-refractivity contribution >= 4 is 5.69 Å². The molecular weight excluding hydrogens is 234 g/mol. The minimum absolute atomic E-state index is 0.485. The molecule has 4 bridgehead atoms. The highest BCUT2D eigenvalue weighted by Crippen LogP contribution is 2.60. The Morgan fingerprint density at radius 2 is 1.68 bits per heavy atom. The summed E-state index contributed by atoms with van der Waals surface area (Å²) in [6.45, 7) is 0.903. The Kier molecular flexibility index (Phi) is 2.54. The average Bonchev–Trinajstić information content (AvgIpc) is 2.35. The molecule has 2 nitrogen and oxygen atoms in total.